The minimum Gasteiger partial charge on any atom is -0.497 e. The van der Waals surface area contributed by atoms with Crippen molar-refractivity contribution < 1.29 is 23.1 Å². The van der Waals surface area contributed by atoms with Gasteiger partial charge in [-0.3, -0.25) is 0 Å². The van der Waals surface area contributed by atoms with Gasteiger partial charge in [0.05, 0.1) is 23.3 Å². The molecule has 2 aromatic carbocycles. The summed E-state index contributed by atoms with van der Waals surface area (Å²) in [5, 5.41) is 8.92. The molecule has 0 aliphatic rings. The molecule has 0 heterocycles. The Morgan fingerprint density at radius 1 is 1.14 bits per heavy atom. The predicted molar refractivity (Wildman–Crippen MR) is 77.3 cm³/mol. The summed E-state index contributed by atoms with van der Waals surface area (Å²) in [6.07, 6.45) is 0. The zero-order valence-corrected chi connectivity index (χ0v) is 12.1. The van der Waals surface area contributed by atoms with Crippen LogP contribution in [0.2, 0.25) is 0 Å². The van der Waals surface area contributed by atoms with Gasteiger partial charge in [-0.1, -0.05) is 18.2 Å². The van der Waals surface area contributed by atoms with Crippen molar-refractivity contribution in [3.05, 3.63) is 59.7 Å². The first-order valence-corrected chi connectivity index (χ1v) is 7.76. The zero-order valence-electron chi connectivity index (χ0n) is 11.3. The van der Waals surface area contributed by atoms with Crippen LogP contribution < -0.4 is 4.74 Å². The van der Waals surface area contributed by atoms with Gasteiger partial charge in [-0.2, -0.15) is 0 Å². The fraction of sp³-hybridized carbons (Fsp3) is 0.133. The summed E-state index contributed by atoms with van der Waals surface area (Å²) < 4.78 is 29.7. The number of carboxylic acid groups (broad SMARTS) is 1. The van der Waals surface area contributed by atoms with E-state index in [0.29, 0.717) is 11.3 Å². The molecule has 0 aromatic heterocycles. The molecule has 0 amide bonds. The summed E-state index contributed by atoms with van der Waals surface area (Å²) in [6.45, 7) is 0. The maximum atomic E-state index is 12.3. The molecule has 0 saturated carbocycles. The molecule has 0 saturated heterocycles. The van der Waals surface area contributed by atoms with Gasteiger partial charge in [0.25, 0.3) is 0 Å². The second-order valence-corrected chi connectivity index (χ2v) is 6.43. The molecule has 0 radical (unpaired) electrons. The quantitative estimate of drug-likeness (QED) is 0.917. The predicted octanol–water partition coefficient (Wildman–Crippen LogP) is 2.37. The highest BCUT2D eigenvalue weighted by Crippen LogP contribution is 2.20. The smallest absolute Gasteiger partial charge is 0.335 e. The number of sulfone groups is 1. The highest BCUT2D eigenvalue weighted by atomic mass is 32.2. The molecule has 0 fully saturated rings. The first-order valence-electron chi connectivity index (χ1n) is 6.11. The lowest BCUT2D eigenvalue weighted by Crippen LogP contribution is -2.07. The normalized spacial score (nSPS) is 11.1. The second kappa shape index (κ2) is 5.97. The van der Waals surface area contributed by atoms with Crippen molar-refractivity contribution in [3.63, 3.8) is 0 Å². The minimum atomic E-state index is -3.61. The Kier molecular flexibility index (Phi) is 4.28. The van der Waals surface area contributed by atoms with Crippen molar-refractivity contribution in [3.8, 4) is 5.75 Å². The van der Waals surface area contributed by atoms with Crippen molar-refractivity contribution in [1.82, 2.24) is 0 Å². The third kappa shape index (κ3) is 3.61. The number of ether oxygens (including phenoxy) is 1. The summed E-state index contributed by atoms with van der Waals surface area (Å²) in [4.78, 5) is 10.9. The first kappa shape index (κ1) is 15.1. The lowest BCUT2D eigenvalue weighted by Gasteiger charge is -2.07. The molecule has 0 aliphatic carbocycles. The lowest BCUT2D eigenvalue weighted by molar-refractivity contribution is 0.0696. The third-order valence-corrected chi connectivity index (χ3v) is 4.62. The topological polar surface area (TPSA) is 80.7 Å². The number of hydrogen-bond donors (Lipinski definition) is 1. The highest BCUT2D eigenvalue weighted by molar-refractivity contribution is 7.90. The summed E-state index contributed by atoms with van der Waals surface area (Å²) in [6, 6.07) is 12.1. The number of aromatic carboxylic acids is 1. The number of carboxylic acids is 1. The Balaban J connectivity index is 2.33. The molecule has 2 aromatic rings. The van der Waals surface area contributed by atoms with E-state index in [1.54, 1.807) is 24.3 Å². The molecule has 2 rings (SSSR count). The van der Waals surface area contributed by atoms with Gasteiger partial charge in [0.2, 0.25) is 0 Å². The van der Waals surface area contributed by atoms with E-state index < -0.39 is 15.8 Å². The van der Waals surface area contributed by atoms with E-state index in [4.69, 9.17) is 9.84 Å². The van der Waals surface area contributed by atoms with Crippen LogP contribution in [-0.2, 0) is 15.6 Å². The molecule has 21 heavy (non-hydrogen) atoms. The summed E-state index contributed by atoms with van der Waals surface area (Å²) in [7, 11) is -2.11. The van der Waals surface area contributed by atoms with E-state index in [0.717, 1.165) is 6.07 Å². The van der Waals surface area contributed by atoms with Crippen LogP contribution in [0.15, 0.2) is 53.4 Å². The Bertz CT molecular complexity index is 765. The van der Waals surface area contributed by atoms with Crippen LogP contribution in [-0.4, -0.2) is 26.6 Å². The van der Waals surface area contributed by atoms with E-state index in [1.807, 2.05) is 0 Å². The molecule has 0 spiro atoms. The summed E-state index contributed by atoms with van der Waals surface area (Å²) in [5.41, 5.74) is 0.525. The van der Waals surface area contributed by atoms with Crippen molar-refractivity contribution in [2.24, 2.45) is 0 Å². The molecule has 0 bridgehead atoms. The van der Waals surface area contributed by atoms with E-state index in [9.17, 15) is 13.2 Å². The van der Waals surface area contributed by atoms with Crippen molar-refractivity contribution >= 4 is 15.8 Å². The van der Waals surface area contributed by atoms with Crippen LogP contribution in [0.25, 0.3) is 0 Å². The molecule has 110 valence electrons. The minimum absolute atomic E-state index is 0.00906. The van der Waals surface area contributed by atoms with Gasteiger partial charge in [0.1, 0.15) is 5.75 Å². The van der Waals surface area contributed by atoms with Crippen molar-refractivity contribution in [1.29, 1.82) is 0 Å². The molecule has 0 aliphatic heterocycles. The fourth-order valence-electron chi connectivity index (χ4n) is 1.89. The molecule has 6 heteroatoms. The molecule has 1 N–H and O–H groups in total. The highest BCUT2D eigenvalue weighted by Gasteiger charge is 2.17. The lowest BCUT2D eigenvalue weighted by atomic mass is 10.2. The van der Waals surface area contributed by atoms with Crippen LogP contribution in [0, 0.1) is 0 Å². The van der Waals surface area contributed by atoms with Crippen LogP contribution >= 0.6 is 0 Å². The molecule has 5 nitrogen and oxygen atoms in total. The SMILES string of the molecule is COc1cccc(CS(=O)(=O)c2cccc(C(=O)O)c2)c1. The van der Waals surface area contributed by atoms with Gasteiger partial charge in [-0.05, 0) is 35.9 Å². The van der Waals surface area contributed by atoms with E-state index >= 15 is 0 Å². The van der Waals surface area contributed by atoms with Crippen LogP contribution in [0.1, 0.15) is 15.9 Å². The molecular formula is C15H14O5S. The largest absolute Gasteiger partial charge is 0.497 e. The van der Waals surface area contributed by atoms with Gasteiger partial charge < -0.3 is 9.84 Å². The standard InChI is InChI=1S/C15H14O5S/c1-20-13-6-2-4-11(8-13)10-21(18,19)14-7-3-5-12(9-14)15(16)17/h2-9H,10H2,1H3,(H,16,17). The number of hydrogen-bond acceptors (Lipinski definition) is 4. The maximum Gasteiger partial charge on any atom is 0.335 e. The Morgan fingerprint density at radius 2 is 1.86 bits per heavy atom. The Morgan fingerprint density at radius 3 is 2.52 bits per heavy atom. The summed E-state index contributed by atoms with van der Waals surface area (Å²) >= 11 is 0. The van der Waals surface area contributed by atoms with Gasteiger partial charge in [-0.25, -0.2) is 13.2 Å². The van der Waals surface area contributed by atoms with Gasteiger partial charge in [-0.15, -0.1) is 0 Å². The van der Waals surface area contributed by atoms with Gasteiger partial charge in [0.15, 0.2) is 9.84 Å². The number of methoxy groups -OCH3 is 1. The second-order valence-electron chi connectivity index (χ2n) is 4.44. The fourth-order valence-corrected chi connectivity index (χ4v) is 3.27. The average Bonchev–Trinajstić information content (AvgIpc) is 2.47. The van der Waals surface area contributed by atoms with Crippen LogP contribution in [0.5, 0.6) is 5.75 Å². The van der Waals surface area contributed by atoms with Crippen molar-refractivity contribution in [2.75, 3.05) is 7.11 Å². The zero-order chi connectivity index (χ0) is 15.5. The Hall–Kier alpha value is -2.34. The van der Waals surface area contributed by atoms with Crippen LogP contribution in [0.4, 0.5) is 0 Å². The molecular weight excluding hydrogens is 292 g/mol. The van der Waals surface area contributed by atoms with Crippen LogP contribution in [0.3, 0.4) is 0 Å². The maximum absolute atomic E-state index is 12.3. The average molecular weight is 306 g/mol. The van der Waals surface area contributed by atoms with E-state index in [-0.39, 0.29) is 16.2 Å². The van der Waals surface area contributed by atoms with Gasteiger partial charge in [0, 0.05) is 0 Å². The monoisotopic (exact) mass is 306 g/mol. The number of rotatable bonds is 5. The number of benzene rings is 2. The summed E-state index contributed by atoms with van der Waals surface area (Å²) in [5.74, 6) is -0.803. The van der Waals surface area contributed by atoms with E-state index in [1.165, 1.54) is 25.3 Å². The van der Waals surface area contributed by atoms with Gasteiger partial charge >= 0.3 is 5.97 Å². The number of carbonyl (C=O) groups is 1. The Labute approximate surface area is 122 Å². The van der Waals surface area contributed by atoms with E-state index in [2.05, 4.69) is 0 Å². The molecule has 0 atom stereocenters. The van der Waals surface area contributed by atoms with Crippen molar-refractivity contribution in [2.45, 2.75) is 10.6 Å². The first-order chi connectivity index (χ1) is 9.92. The third-order valence-electron chi connectivity index (χ3n) is 2.93. The molecule has 0 unspecified atom stereocenters.